The summed E-state index contributed by atoms with van der Waals surface area (Å²) in [5.74, 6) is 0.363. The Morgan fingerprint density at radius 3 is 2.00 bits per heavy atom. The van der Waals surface area contributed by atoms with Crippen molar-refractivity contribution >= 4 is 5.78 Å². The van der Waals surface area contributed by atoms with E-state index in [1.807, 2.05) is 6.08 Å². The van der Waals surface area contributed by atoms with Crippen LogP contribution in [0, 0.1) is 0 Å². The van der Waals surface area contributed by atoms with E-state index in [9.17, 15) is 4.79 Å². The number of carbonyl (C=O) groups excluding carboxylic acids is 1. The highest BCUT2D eigenvalue weighted by Crippen LogP contribution is 2.10. The van der Waals surface area contributed by atoms with Crippen molar-refractivity contribution in [3.8, 4) is 0 Å². The van der Waals surface area contributed by atoms with Crippen molar-refractivity contribution in [1.82, 2.24) is 0 Å². The van der Waals surface area contributed by atoms with Crippen LogP contribution < -0.4 is 0 Å². The van der Waals surface area contributed by atoms with Crippen molar-refractivity contribution in [2.24, 2.45) is 0 Å². The lowest BCUT2D eigenvalue weighted by Gasteiger charge is -1.99. The zero-order valence-electron chi connectivity index (χ0n) is 13.5. The second-order valence-electron chi connectivity index (χ2n) is 5.64. The second-order valence-corrected chi connectivity index (χ2v) is 5.64. The minimum Gasteiger partial charge on any atom is -0.300 e. The van der Waals surface area contributed by atoms with Gasteiger partial charge in [0.05, 0.1) is 0 Å². The van der Waals surface area contributed by atoms with Gasteiger partial charge in [-0.1, -0.05) is 70.1 Å². The van der Waals surface area contributed by atoms with E-state index in [1.165, 1.54) is 57.8 Å². The maximum absolute atomic E-state index is 11.4. The van der Waals surface area contributed by atoms with Gasteiger partial charge >= 0.3 is 0 Å². The Hall–Kier alpha value is -0.850. The number of hydrogen-bond acceptors (Lipinski definition) is 1. The molecule has 0 aliphatic rings. The molecule has 0 rings (SSSR count). The first-order valence-electron chi connectivity index (χ1n) is 8.58. The molecule has 0 radical (unpaired) electrons. The number of rotatable bonds is 15. The monoisotopic (exact) mass is 278 g/mol. The third kappa shape index (κ3) is 15.2. The quantitative estimate of drug-likeness (QED) is 0.250. The van der Waals surface area contributed by atoms with Crippen LogP contribution in [0.2, 0.25) is 0 Å². The number of Topliss-reactive ketones (excluding diaryl/α,β-unsaturated/α-hetero) is 1. The predicted octanol–water partition coefficient (Wildman–Crippen LogP) is 6.39. The molecule has 0 saturated heterocycles. The molecule has 0 bridgehead atoms. The molecule has 0 aromatic carbocycles. The van der Waals surface area contributed by atoms with Gasteiger partial charge < -0.3 is 0 Å². The van der Waals surface area contributed by atoms with Crippen LogP contribution in [0.4, 0.5) is 0 Å². The van der Waals surface area contributed by atoms with Crippen LogP contribution in [0.25, 0.3) is 0 Å². The fourth-order valence-electron chi connectivity index (χ4n) is 2.26. The summed E-state index contributed by atoms with van der Waals surface area (Å²) >= 11 is 0. The van der Waals surface area contributed by atoms with Gasteiger partial charge in [-0.25, -0.2) is 0 Å². The van der Waals surface area contributed by atoms with Crippen molar-refractivity contribution < 1.29 is 4.79 Å². The molecule has 0 unspecified atom stereocenters. The van der Waals surface area contributed by atoms with Crippen LogP contribution in [0.3, 0.4) is 0 Å². The van der Waals surface area contributed by atoms with Crippen molar-refractivity contribution in [3.63, 3.8) is 0 Å². The first kappa shape index (κ1) is 19.1. The Morgan fingerprint density at radius 2 is 1.35 bits per heavy atom. The maximum atomic E-state index is 11.4. The smallest absolute Gasteiger partial charge is 0.133 e. The minimum atomic E-state index is 0.363. The Balaban J connectivity index is 3.19. The van der Waals surface area contributed by atoms with E-state index in [4.69, 9.17) is 0 Å². The van der Waals surface area contributed by atoms with Crippen LogP contribution in [0.15, 0.2) is 24.8 Å². The molecule has 0 aliphatic heterocycles. The van der Waals surface area contributed by atoms with Gasteiger partial charge in [-0.15, -0.1) is 6.58 Å². The van der Waals surface area contributed by atoms with Crippen LogP contribution in [0.1, 0.15) is 90.4 Å². The minimum absolute atomic E-state index is 0.363. The molecule has 0 spiro atoms. The molecule has 0 aromatic rings. The molecule has 0 atom stereocenters. The summed E-state index contributed by atoms with van der Waals surface area (Å²) in [6, 6.07) is 0. The zero-order chi connectivity index (χ0) is 14.9. The number of carbonyl (C=O) groups is 1. The van der Waals surface area contributed by atoms with E-state index in [0.29, 0.717) is 18.6 Å². The third-order valence-corrected chi connectivity index (χ3v) is 3.61. The predicted molar refractivity (Wildman–Crippen MR) is 90.0 cm³/mol. The Morgan fingerprint density at radius 1 is 0.800 bits per heavy atom. The number of allylic oxidation sites excluding steroid dienone is 3. The van der Waals surface area contributed by atoms with Crippen molar-refractivity contribution in [3.05, 3.63) is 24.8 Å². The highest BCUT2D eigenvalue weighted by molar-refractivity contribution is 5.78. The molecular weight excluding hydrogens is 244 g/mol. The molecule has 1 heteroatoms. The summed E-state index contributed by atoms with van der Waals surface area (Å²) in [4.78, 5) is 11.4. The molecule has 20 heavy (non-hydrogen) atoms. The van der Waals surface area contributed by atoms with Crippen molar-refractivity contribution in [1.29, 1.82) is 0 Å². The summed E-state index contributed by atoms with van der Waals surface area (Å²) in [5.41, 5.74) is 0. The molecule has 0 saturated carbocycles. The van der Waals surface area contributed by atoms with E-state index >= 15 is 0 Å². The van der Waals surface area contributed by atoms with E-state index in [-0.39, 0.29) is 0 Å². The molecule has 0 aromatic heterocycles. The first-order valence-corrected chi connectivity index (χ1v) is 8.58. The van der Waals surface area contributed by atoms with Gasteiger partial charge in [-0.3, -0.25) is 4.79 Å². The molecule has 0 heterocycles. The van der Waals surface area contributed by atoms with Gasteiger partial charge in [-0.05, 0) is 25.7 Å². The Kier molecular flexibility index (Phi) is 15.5. The molecule has 116 valence electrons. The SMILES string of the molecule is C=CCCC(=O)CC/C=C/CCCCCCCCCC. The lowest BCUT2D eigenvalue weighted by Crippen LogP contribution is -1.95. The van der Waals surface area contributed by atoms with E-state index in [2.05, 4.69) is 25.7 Å². The second kappa shape index (κ2) is 16.2. The van der Waals surface area contributed by atoms with Gasteiger partial charge in [0.15, 0.2) is 0 Å². The van der Waals surface area contributed by atoms with Gasteiger partial charge in [0.25, 0.3) is 0 Å². The van der Waals surface area contributed by atoms with Gasteiger partial charge in [0.1, 0.15) is 5.78 Å². The van der Waals surface area contributed by atoms with E-state index < -0.39 is 0 Å². The molecule has 0 N–H and O–H groups in total. The molecule has 0 aliphatic carbocycles. The third-order valence-electron chi connectivity index (χ3n) is 3.61. The van der Waals surface area contributed by atoms with Crippen molar-refractivity contribution in [2.75, 3.05) is 0 Å². The average molecular weight is 278 g/mol. The maximum Gasteiger partial charge on any atom is 0.133 e. The molecule has 0 fully saturated rings. The molecule has 0 amide bonds. The number of unbranched alkanes of at least 4 members (excludes halogenated alkanes) is 8. The highest BCUT2D eigenvalue weighted by Gasteiger charge is 1.97. The van der Waals surface area contributed by atoms with E-state index in [1.54, 1.807) is 0 Å². The van der Waals surface area contributed by atoms with Gasteiger partial charge in [0, 0.05) is 12.8 Å². The van der Waals surface area contributed by atoms with Crippen molar-refractivity contribution in [2.45, 2.75) is 90.4 Å². The first-order chi connectivity index (χ1) is 9.81. The Labute approximate surface area is 126 Å². The fourth-order valence-corrected chi connectivity index (χ4v) is 2.26. The van der Waals surface area contributed by atoms with Gasteiger partial charge in [-0.2, -0.15) is 0 Å². The van der Waals surface area contributed by atoms with Crippen LogP contribution in [0.5, 0.6) is 0 Å². The van der Waals surface area contributed by atoms with Crippen LogP contribution in [-0.4, -0.2) is 5.78 Å². The number of hydrogen-bond donors (Lipinski definition) is 0. The van der Waals surface area contributed by atoms with Crippen LogP contribution >= 0.6 is 0 Å². The highest BCUT2D eigenvalue weighted by atomic mass is 16.1. The fraction of sp³-hybridized carbons (Fsp3) is 0.737. The average Bonchev–Trinajstić information content (AvgIpc) is 2.46. The topological polar surface area (TPSA) is 17.1 Å². The summed E-state index contributed by atoms with van der Waals surface area (Å²) < 4.78 is 0. The standard InChI is InChI=1S/C19H34O/c1-3-5-7-8-9-10-11-12-13-14-15-16-18-19(20)17-6-4-2/h4,14-15H,2-3,5-13,16-18H2,1H3/b15-14+. The summed E-state index contributed by atoms with van der Waals surface area (Å²) in [5, 5.41) is 0. The number of ketones is 1. The lowest BCUT2D eigenvalue weighted by atomic mass is 10.1. The zero-order valence-corrected chi connectivity index (χ0v) is 13.5. The largest absolute Gasteiger partial charge is 0.300 e. The van der Waals surface area contributed by atoms with Gasteiger partial charge in [0.2, 0.25) is 0 Å². The van der Waals surface area contributed by atoms with E-state index in [0.717, 1.165) is 12.8 Å². The normalized spacial score (nSPS) is 11.1. The van der Waals surface area contributed by atoms with Crippen LogP contribution in [-0.2, 0) is 4.79 Å². The Bertz CT molecular complexity index is 252. The summed E-state index contributed by atoms with van der Waals surface area (Å²) in [6.07, 6.45) is 21.5. The lowest BCUT2D eigenvalue weighted by molar-refractivity contribution is -0.118. The molecular formula is C19H34O. The molecule has 1 nitrogen and oxygen atoms in total. The summed E-state index contributed by atoms with van der Waals surface area (Å²) in [6.45, 7) is 5.90. The summed E-state index contributed by atoms with van der Waals surface area (Å²) in [7, 11) is 0.